The first-order valence-electron chi connectivity index (χ1n) is 7.12. The number of benzene rings is 2. The van der Waals surface area contributed by atoms with Gasteiger partial charge in [0, 0.05) is 7.05 Å². The number of urea groups is 1. The smallest absolute Gasteiger partial charge is 0.328 e. The molecule has 2 aromatic rings. The van der Waals surface area contributed by atoms with Gasteiger partial charge in [0.2, 0.25) is 0 Å². The Kier molecular flexibility index (Phi) is 5.60. The third-order valence-electron chi connectivity index (χ3n) is 3.34. The van der Waals surface area contributed by atoms with Crippen LogP contribution in [0.15, 0.2) is 53.5 Å². The van der Waals surface area contributed by atoms with Gasteiger partial charge < -0.3 is 5.73 Å². The molecule has 0 radical (unpaired) electrons. The standard InChI is InChI=1S/C17H19ClN4O/c1-12-7-6-10-14(18)15(12)22(2)17(23)21-16(19)20-11-13-8-4-3-5-9-13/h3-10H,11H2,1-2H3,(H3,19,20,21,23). The first-order chi connectivity index (χ1) is 11.0. The van der Waals surface area contributed by atoms with Gasteiger partial charge in [-0.15, -0.1) is 0 Å². The minimum Gasteiger partial charge on any atom is -0.370 e. The number of rotatable bonds is 3. The van der Waals surface area contributed by atoms with E-state index in [1.807, 2.05) is 49.4 Å². The Morgan fingerprint density at radius 3 is 2.57 bits per heavy atom. The number of halogens is 1. The Morgan fingerprint density at radius 2 is 1.91 bits per heavy atom. The van der Waals surface area contributed by atoms with Crippen LogP contribution in [0.2, 0.25) is 5.02 Å². The van der Waals surface area contributed by atoms with Crippen LogP contribution in [0.4, 0.5) is 10.5 Å². The van der Waals surface area contributed by atoms with Gasteiger partial charge in [-0.25, -0.2) is 9.79 Å². The summed E-state index contributed by atoms with van der Waals surface area (Å²) in [7, 11) is 1.63. The van der Waals surface area contributed by atoms with Gasteiger partial charge in [-0.05, 0) is 24.1 Å². The van der Waals surface area contributed by atoms with Gasteiger partial charge in [-0.3, -0.25) is 10.2 Å². The second-order valence-electron chi connectivity index (χ2n) is 5.08. The van der Waals surface area contributed by atoms with Crippen molar-refractivity contribution < 1.29 is 4.79 Å². The van der Waals surface area contributed by atoms with E-state index in [9.17, 15) is 4.79 Å². The van der Waals surface area contributed by atoms with Crippen molar-refractivity contribution in [1.82, 2.24) is 5.32 Å². The summed E-state index contributed by atoms with van der Waals surface area (Å²) in [6.45, 7) is 2.29. The predicted molar refractivity (Wildman–Crippen MR) is 94.9 cm³/mol. The van der Waals surface area contributed by atoms with Gasteiger partial charge in [-0.2, -0.15) is 0 Å². The van der Waals surface area contributed by atoms with E-state index in [0.717, 1.165) is 11.1 Å². The van der Waals surface area contributed by atoms with Crippen LogP contribution in [0.1, 0.15) is 11.1 Å². The summed E-state index contributed by atoms with van der Waals surface area (Å²) in [6, 6.07) is 14.7. The lowest BCUT2D eigenvalue weighted by molar-refractivity contribution is 0.251. The third kappa shape index (κ3) is 4.47. The molecule has 0 atom stereocenters. The summed E-state index contributed by atoms with van der Waals surface area (Å²) in [5.74, 6) is 0.0652. The van der Waals surface area contributed by atoms with Crippen molar-refractivity contribution in [1.29, 1.82) is 0 Å². The van der Waals surface area contributed by atoms with E-state index in [0.29, 0.717) is 17.3 Å². The van der Waals surface area contributed by atoms with Crippen LogP contribution < -0.4 is 16.0 Å². The van der Waals surface area contributed by atoms with Gasteiger partial charge in [0.1, 0.15) is 0 Å². The SMILES string of the molecule is Cc1cccc(Cl)c1N(C)C(=O)NC(N)=NCc1ccccc1. The molecular formula is C17H19ClN4O. The van der Waals surface area contributed by atoms with Crippen LogP contribution in [0.3, 0.4) is 0 Å². The summed E-state index contributed by atoms with van der Waals surface area (Å²) >= 11 is 6.16. The molecule has 0 aliphatic carbocycles. The number of aryl methyl sites for hydroxylation is 1. The van der Waals surface area contributed by atoms with Gasteiger partial charge in [0.15, 0.2) is 5.96 Å². The van der Waals surface area contributed by atoms with Crippen molar-refractivity contribution in [3.8, 4) is 0 Å². The lowest BCUT2D eigenvalue weighted by Gasteiger charge is -2.21. The summed E-state index contributed by atoms with van der Waals surface area (Å²) in [6.07, 6.45) is 0. The molecule has 120 valence electrons. The van der Waals surface area contributed by atoms with E-state index in [1.165, 1.54) is 4.90 Å². The molecule has 0 aromatic heterocycles. The number of nitrogens with two attached hydrogens (primary N) is 1. The number of para-hydroxylation sites is 1. The van der Waals surface area contributed by atoms with Crippen LogP contribution in [-0.4, -0.2) is 19.0 Å². The topological polar surface area (TPSA) is 70.7 Å². The molecule has 2 aromatic carbocycles. The minimum absolute atomic E-state index is 0.0652. The van der Waals surface area contributed by atoms with E-state index in [1.54, 1.807) is 13.1 Å². The lowest BCUT2D eigenvalue weighted by atomic mass is 10.2. The summed E-state index contributed by atoms with van der Waals surface area (Å²) in [4.78, 5) is 17.8. The average Bonchev–Trinajstić information content (AvgIpc) is 2.53. The van der Waals surface area contributed by atoms with Gasteiger partial charge in [0.25, 0.3) is 0 Å². The van der Waals surface area contributed by atoms with Crippen LogP contribution in [0.5, 0.6) is 0 Å². The zero-order valence-corrected chi connectivity index (χ0v) is 13.8. The van der Waals surface area contributed by atoms with Gasteiger partial charge in [0.05, 0.1) is 17.3 Å². The molecule has 5 nitrogen and oxygen atoms in total. The van der Waals surface area contributed by atoms with E-state index in [4.69, 9.17) is 17.3 Å². The predicted octanol–water partition coefficient (Wildman–Crippen LogP) is 3.31. The number of nitrogens with one attached hydrogen (secondary N) is 1. The molecule has 0 heterocycles. The molecule has 0 saturated carbocycles. The minimum atomic E-state index is -0.393. The fraction of sp³-hybridized carbons (Fsp3) is 0.176. The zero-order chi connectivity index (χ0) is 16.8. The van der Waals surface area contributed by atoms with Crippen LogP contribution >= 0.6 is 11.6 Å². The number of nitrogens with zero attached hydrogens (tertiary/aromatic N) is 2. The maximum absolute atomic E-state index is 12.3. The second kappa shape index (κ2) is 7.65. The zero-order valence-electron chi connectivity index (χ0n) is 13.1. The number of anilines is 1. The lowest BCUT2D eigenvalue weighted by Crippen LogP contribution is -2.44. The molecule has 0 aliphatic heterocycles. The number of carbonyl (C=O) groups excluding carboxylic acids is 1. The average molecular weight is 331 g/mol. The quantitative estimate of drug-likeness (QED) is 0.669. The highest BCUT2D eigenvalue weighted by molar-refractivity contribution is 6.34. The van der Waals surface area contributed by atoms with Crippen molar-refractivity contribution in [2.45, 2.75) is 13.5 Å². The van der Waals surface area contributed by atoms with E-state index >= 15 is 0 Å². The number of guanidine groups is 1. The number of carbonyl (C=O) groups is 1. The number of hydrogen-bond acceptors (Lipinski definition) is 2. The Morgan fingerprint density at radius 1 is 1.22 bits per heavy atom. The van der Waals surface area contributed by atoms with Crippen LogP contribution in [0, 0.1) is 6.92 Å². The first-order valence-corrected chi connectivity index (χ1v) is 7.50. The van der Waals surface area contributed by atoms with Crippen molar-refractivity contribution in [2.24, 2.45) is 10.7 Å². The molecule has 2 amide bonds. The molecular weight excluding hydrogens is 312 g/mol. The van der Waals surface area contributed by atoms with Crippen molar-refractivity contribution in [3.05, 3.63) is 64.7 Å². The van der Waals surface area contributed by atoms with Crippen molar-refractivity contribution in [3.63, 3.8) is 0 Å². The third-order valence-corrected chi connectivity index (χ3v) is 3.64. The number of amides is 2. The summed E-state index contributed by atoms with van der Waals surface area (Å²) in [5.41, 5.74) is 8.33. The summed E-state index contributed by atoms with van der Waals surface area (Å²) < 4.78 is 0. The highest BCUT2D eigenvalue weighted by Gasteiger charge is 2.16. The van der Waals surface area contributed by atoms with E-state index < -0.39 is 6.03 Å². The Bertz CT molecular complexity index is 696. The highest BCUT2D eigenvalue weighted by atomic mass is 35.5. The first kappa shape index (κ1) is 16.8. The highest BCUT2D eigenvalue weighted by Crippen LogP contribution is 2.28. The molecule has 0 saturated heterocycles. The maximum atomic E-state index is 12.3. The normalized spacial score (nSPS) is 11.2. The second-order valence-corrected chi connectivity index (χ2v) is 5.49. The Balaban J connectivity index is 2.03. The van der Waals surface area contributed by atoms with Crippen LogP contribution in [-0.2, 0) is 6.54 Å². The van der Waals surface area contributed by atoms with Crippen molar-refractivity contribution >= 4 is 29.3 Å². The fourth-order valence-corrected chi connectivity index (χ4v) is 2.49. The molecule has 0 bridgehead atoms. The number of hydrogen-bond donors (Lipinski definition) is 2. The van der Waals surface area contributed by atoms with Gasteiger partial charge in [-0.1, -0.05) is 54.1 Å². The largest absolute Gasteiger partial charge is 0.370 e. The molecule has 0 aliphatic rings. The Labute approximate surface area is 140 Å². The van der Waals surface area contributed by atoms with Crippen LogP contribution in [0.25, 0.3) is 0 Å². The Hall–Kier alpha value is -2.53. The molecule has 0 unspecified atom stereocenters. The molecule has 6 heteroatoms. The maximum Gasteiger partial charge on any atom is 0.328 e. The van der Waals surface area contributed by atoms with Gasteiger partial charge >= 0.3 is 6.03 Å². The van der Waals surface area contributed by atoms with E-state index in [-0.39, 0.29) is 5.96 Å². The summed E-state index contributed by atoms with van der Waals surface area (Å²) in [5, 5.41) is 3.06. The molecule has 0 spiro atoms. The molecule has 2 rings (SSSR count). The number of aliphatic imine (C=N–C) groups is 1. The monoisotopic (exact) mass is 330 g/mol. The molecule has 0 fully saturated rings. The van der Waals surface area contributed by atoms with Crippen molar-refractivity contribution in [2.75, 3.05) is 11.9 Å². The molecule has 3 N–H and O–H groups in total. The van der Waals surface area contributed by atoms with E-state index in [2.05, 4.69) is 10.3 Å². The fourth-order valence-electron chi connectivity index (χ4n) is 2.14. The molecule has 23 heavy (non-hydrogen) atoms.